The van der Waals surface area contributed by atoms with Crippen LogP contribution in [0.1, 0.15) is 22.3 Å². The van der Waals surface area contributed by atoms with E-state index < -0.39 is 4.92 Å². The summed E-state index contributed by atoms with van der Waals surface area (Å²) in [7, 11) is 0. The molecule has 0 saturated carbocycles. The normalized spacial score (nSPS) is 19.0. The molecule has 0 bridgehead atoms. The number of aryl methyl sites for hydroxylation is 1. The number of nitro benzene ring substituents is 1. The third kappa shape index (κ3) is 2.33. The first-order valence-corrected chi connectivity index (χ1v) is 5.79. The number of carbonyl (C=O) groups excluding carboxylic acids is 1. The Bertz CT molecular complexity index is 501. The molecule has 0 unspecified atom stereocenters. The molecule has 1 fully saturated rings. The van der Waals surface area contributed by atoms with Crippen molar-refractivity contribution >= 4 is 11.6 Å². The van der Waals surface area contributed by atoms with Gasteiger partial charge in [0.25, 0.3) is 11.6 Å². The molecule has 2 rings (SSSR count). The zero-order valence-electron chi connectivity index (χ0n) is 10.1. The van der Waals surface area contributed by atoms with Crippen LogP contribution >= 0.6 is 0 Å². The standard InChI is InChI=1S/C12H15N3O3/c1-8-6-9(2-3-11(8)15(17)18)12(16)14-5-4-10(13)7-14/h2-3,6,10H,4-5,7,13H2,1H3/t10-/m0/s1. The summed E-state index contributed by atoms with van der Waals surface area (Å²) in [5.74, 6) is -0.110. The van der Waals surface area contributed by atoms with Crippen molar-refractivity contribution in [1.29, 1.82) is 0 Å². The van der Waals surface area contributed by atoms with Crippen LogP contribution in [0, 0.1) is 17.0 Å². The van der Waals surface area contributed by atoms with E-state index in [9.17, 15) is 14.9 Å². The third-order valence-corrected chi connectivity index (χ3v) is 3.15. The Balaban J connectivity index is 2.21. The van der Waals surface area contributed by atoms with Gasteiger partial charge in [-0.1, -0.05) is 0 Å². The monoisotopic (exact) mass is 249 g/mol. The van der Waals surface area contributed by atoms with Crippen LogP contribution in [0.3, 0.4) is 0 Å². The fourth-order valence-corrected chi connectivity index (χ4v) is 2.15. The summed E-state index contributed by atoms with van der Waals surface area (Å²) < 4.78 is 0. The summed E-state index contributed by atoms with van der Waals surface area (Å²) in [6.45, 7) is 2.83. The van der Waals surface area contributed by atoms with Crippen molar-refractivity contribution in [2.75, 3.05) is 13.1 Å². The predicted molar refractivity (Wildman–Crippen MR) is 66.3 cm³/mol. The van der Waals surface area contributed by atoms with Gasteiger partial charge in [0.15, 0.2) is 0 Å². The SMILES string of the molecule is Cc1cc(C(=O)N2CC[C@H](N)C2)ccc1[N+](=O)[O-]. The molecule has 6 heteroatoms. The number of likely N-dealkylation sites (tertiary alicyclic amines) is 1. The van der Waals surface area contributed by atoms with Gasteiger partial charge in [-0.2, -0.15) is 0 Å². The van der Waals surface area contributed by atoms with Crippen molar-refractivity contribution in [1.82, 2.24) is 4.90 Å². The lowest BCUT2D eigenvalue weighted by Gasteiger charge is -2.15. The number of carbonyl (C=O) groups is 1. The molecule has 1 aromatic rings. The summed E-state index contributed by atoms with van der Waals surface area (Å²) >= 11 is 0. The average Bonchev–Trinajstić information content (AvgIpc) is 2.74. The number of amides is 1. The molecule has 6 nitrogen and oxygen atoms in total. The lowest BCUT2D eigenvalue weighted by atomic mass is 10.1. The van der Waals surface area contributed by atoms with Crippen molar-refractivity contribution < 1.29 is 9.72 Å². The quantitative estimate of drug-likeness (QED) is 0.627. The molecule has 2 N–H and O–H groups in total. The number of hydrogen-bond acceptors (Lipinski definition) is 4. The minimum Gasteiger partial charge on any atom is -0.337 e. The molecule has 1 heterocycles. The summed E-state index contributed by atoms with van der Waals surface area (Å²) in [6, 6.07) is 4.47. The number of nitro groups is 1. The van der Waals surface area contributed by atoms with Gasteiger partial charge >= 0.3 is 0 Å². The predicted octanol–water partition coefficient (Wildman–Crippen LogP) is 1.08. The molecule has 96 valence electrons. The van der Waals surface area contributed by atoms with E-state index in [1.54, 1.807) is 17.9 Å². The smallest absolute Gasteiger partial charge is 0.272 e. The van der Waals surface area contributed by atoms with Crippen LogP contribution in [-0.2, 0) is 0 Å². The second-order valence-electron chi connectivity index (χ2n) is 4.56. The fourth-order valence-electron chi connectivity index (χ4n) is 2.15. The molecule has 1 saturated heterocycles. The first kappa shape index (κ1) is 12.5. The maximum absolute atomic E-state index is 12.1. The van der Waals surface area contributed by atoms with Gasteiger partial charge in [0, 0.05) is 36.3 Å². The Labute approximate surface area is 105 Å². The van der Waals surface area contributed by atoms with E-state index in [-0.39, 0.29) is 17.6 Å². The third-order valence-electron chi connectivity index (χ3n) is 3.15. The summed E-state index contributed by atoms with van der Waals surface area (Å²) in [4.78, 5) is 24.1. The van der Waals surface area contributed by atoms with Gasteiger partial charge < -0.3 is 10.6 Å². The molecule has 0 aliphatic carbocycles. The fraction of sp³-hybridized carbons (Fsp3) is 0.417. The lowest BCUT2D eigenvalue weighted by Crippen LogP contribution is -2.31. The van der Waals surface area contributed by atoms with Gasteiger partial charge in [-0.15, -0.1) is 0 Å². The molecule has 1 aliphatic heterocycles. The van der Waals surface area contributed by atoms with E-state index in [1.165, 1.54) is 12.1 Å². The van der Waals surface area contributed by atoms with Crippen LogP contribution in [0.2, 0.25) is 0 Å². The largest absolute Gasteiger partial charge is 0.337 e. The van der Waals surface area contributed by atoms with E-state index in [1.807, 2.05) is 0 Å². The second kappa shape index (κ2) is 4.73. The molecule has 0 spiro atoms. The Morgan fingerprint density at radius 2 is 2.28 bits per heavy atom. The molecule has 1 aliphatic rings. The van der Waals surface area contributed by atoms with Crippen LogP contribution in [0.5, 0.6) is 0 Å². The van der Waals surface area contributed by atoms with Crippen LogP contribution in [0.4, 0.5) is 5.69 Å². The molecular formula is C12H15N3O3. The van der Waals surface area contributed by atoms with Crippen LogP contribution in [0.15, 0.2) is 18.2 Å². The average molecular weight is 249 g/mol. The molecule has 18 heavy (non-hydrogen) atoms. The van der Waals surface area contributed by atoms with Crippen LogP contribution in [-0.4, -0.2) is 34.9 Å². The maximum Gasteiger partial charge on any atom is 0.272 e. The second-order valence-corrected chi connectivity index (χ2v) is 4.56. The number of nitrogens with zero attached hydrogens (tertiary/aromatic N) is 2. The van der Waals surface area contributed by atoms with Crippen molar-refractivity contribution in [2.45, 2.75) is 19.4 Å². The van der Waals surface area contributed by atoms with Gasteiger partial charge in [0.2, 0.25) is 0 Å². The zero-order chi connectivity index (χ0) is 13.3. The van der Waals surface area contributed by atoms with Gasteiger partial charge in [0.05, 0.1) is 4.92 Å². The maximum atomic E-state index is 12.1. The molecule has 1 atom stereocenters. The Hall–Kier alpha value is -1.95. The lowest BCUT2D eigenvalue weighted by molar-refractivity contribution is -0.385. The van der Waals surface area contributed by atoms with Crippen molar-refractivity contribution in [3.8, 4) is 0 Å². The first-order valence-electron chi connectivity index (χ1n) is 5.79. The highest BCUT2D eigenvalue weighted by atomic mass is 16.6. The Morgan fingerprint density at radius 3 is 2.78 bits per heavy atom. The van der Waals surface area contributed by atoms with Gasteiger partial charge in [-0.05, 0) is 25.5 Å². The van der Waals surface area contributed by atoms with Crippen LogP contribution < -0.4 is 5.73 Å². The highest BCUT2D eigenvalue weighted by Gasteiger charge is 2.25. The van der Waals surface area contributed by atoms with Crippen molar-refractivity contribution in [2.24, 2.45) is 5.73 Å². The first-order chi connectivity index (χ1) is 8.49. The molecule has 0 aromatic heterocycles. The van der Waals surface area contributed by atoms with Crippen molar-refractivity contribution in [3.05, 3.63) is 39.4 Å². The van der Waals surface area contributed by atoms with Gasteiger partial charge in [-0.3, -0.25) is 14.9 Å². The minimum atomic E-state index is -0.449. The highest BCUT2D eigenvalue weighted by Crippen LogP contribution is 2.20. The zero-order valence-corrected chi connectivity index (χ0v) is 10.1. The van der Waals surface area contributed by atoms with Gasteiger partial charge in [-0.25, -0.2) is 0 Å². The molecule has 0 radical (unpaired) electrons. The summed E-state index contributed by atoms with van der Waals surface area (Å²) in [5.41, 5.74) is 6.76. The van der Waals surface area contributed by atoms with Crippen molar-refractivity contribution in [3.63, 3.8) is 0 Å². The minimum absolute atomic E-state index is 0.0321. The topological polar surface area (TPSA) is 89.5 Å². The molecule has 1 aromatic carbocycles. The number of nitrogens with two attached hydrogens (primary N) is 1. The summed E-state index contributed by atoms with van der Waals surface area (Å²) in [6.07, 6.45) is 0.803. The number of rotatable bonds is 2. The highest BCUT2D eigenvalue weighted by molar-refractivity contribution is 5.95. The van der Waals surface area contributed by atoms with E-state index in [4.69, 9.17) is 5.73 Å². The summed E-state index contributed by atoms with van der Waals surface area (Å²) in [5, 5.41) is 10.7. The van der Waals surface area contributed by atoms with E-state index >= 15 is 0 Å². The Morgan fingerprint density at radius 1 is 1.56 bits per heavy atom. The molecule has 1 amide bonds. The Kier molecular flexibility index (Phi) is 3.29. The number of hydrogen-bond donors (Lipinski definition) is 1. The van der Waals surface area contributed by atoms with E-state index in [0.29, 0.717) is 24.2 Å². The molecular weight excluding hydrogens is 234 g/mol. The van der Waals surface area contributed by atoms with Crippen LogP contribution in [0.25, 0.3) is 0 Å². The number of benzene rings is 1. The van der Waals surface area contributed by atoms with E-state index in [0.717, 1.165) is 6.42 Å². The van der Waals surface area contributed by atoms with Gasteiger partial charge in [0.1, 0.15) is 0 Å². The van der Waals surface area contributed by atoms with E-state index in [2.05, 4.69) is 0 Å².